The van der Waals surface area contributed by atoms with E-state index in [0.717, 1.165) is 44.9 Å². The monoisotopic (exact) mass is 503 g/mol. The lowest BCUT2D eigenvalue weighted by Crippen LogP contribution is -2.57. The van der Waals surface area contributed by atoms with Crippen molar-refractivity contribution in [3.63, 3.8) is 0 Å². The number of aliphatic hydroxyl groups is 1. The third-order valence-corrected chi connectivity index (χ3v) is 10.4. The minimum atomic E-state index is -0.638. The first-order valence-electron chi connectivity index (χ1n) is 13.3. The molecule has 2 bridgehead atoms. The number of fused-ring (bicyclic) bond motifs is 1. The molecule has 4 aliphatic rings. The molecule has 35 heavy (non-hydrogen) atoms. The van der Waals surface area contributed by atoms with Crippen molar-refractivity contribution in [1.82, 2.24) is 14.7 Å². The van der Waals surface area contributed by atoms with Gasteiger partial charge in [-0.25, -0.2) is 0 Å². The molecule has 3 aliphatic heterocycles. The predicted octanol–water partition coefficient (Wildman–Crippen LogP) is 2.84. The zero-order valence-corrected chi connectivity index (χ0v) is 21.9. The summed E-state index contributed by atoms with van der Waals surface area (Å²) in [7, 11) is 0. The maximum Gasteiger partial charge on any atom is 0.247 e. The van der Waals surface area contributed by atoms with Gasteiger partial charge in [0, 0.05) is 37.5 Å². The fourth-order valence-electron chi connectivity index (χ4n) is 7.10. The van der Waals surface area contributed by atoms with E-state index in [0.29, 0.717) is 19.6 Å². The number of amides is 3. The van der Waals surface area contributed by atoms with Crippen LogP contribution in [0.2, 0.25) is 0 Å². The van der Waals surface area contributed by atoms with Gasteiger partial charge in [-0.05, 0) is 32.1 Å². The van der Waals surface area contributed by atoms with Gasteiger partial charge in [-0.1, -0.05) is 38.3 Å². The minimum Gasteiger partial charge on any atom is -0.395 e. The Labute approximate surface area is 214 Å². The van der Waals surface area contributed by atoms with Crippen molar-refractivity contribution in [2.24, 2.45) is 11.8 Å². The average molecular weight is 504 g/mol. The maximum atomic E-state index is 14.3. The second kappa shape index (κ2) is 11.1. The van der Waals surface area contributed by atoms with Gasteiger partial charge in [-0.2, -0.15) is 0 Å². The molecule has 4 fully saturated rings. The summed E-state index contributed by atoms with van der Waals surface area (Å²) in [5.41, 5.74) is 0. The highest BCUT2D eigenvalue weighted by molar-refractivity contribution is 8.02. The smallest absolute Gasteiger partial charge is 0.247 e. The van der Waals surface area contributed by atoms with E-state index < -0.39 is 22.6 Å². The molecule has 0 radical (unpaired) electrons. The number of β-amino-alcohol motifs (C(OH)–C–C–N with tert-alkyl or cyclic N) is 1. The third-order valence-electron chi connectivity index (χ3n) is 8.44. The van der Waals surface area contributed by atoms with Gasteiger partial charge in [0.15, 0.2) is 0 Å². The highest BCUT2D eigenvalue weighted by Crippen LogP contribution is 2.66. The quantitative estimate of drug-likeness (QED) is 0.439. The topological polar surface area (TPSA) is 81.2 Å². The molecular weight excluding hydrogens is 462 g/mol. The zero-order chi connectivity index (χ0) is 25.2. The van der Waals surface area contributed by atoms with Gasteiger partial charge in [0.25, 0.3) is 0 Å². The highest BCUT2D eigenvalue weighted by Gasteiger charge is 2.74. The molecule has 1 saturated carbocycles. The number of hydrogen-bond donors (Lipinski definition) is 1. The Kier molecular flexibility index (Phi) is 8.31. The zero-order valence-electron chi connectivity index (χ0n) is 21.1. The van der Waals surface area contributed by atoms with Crippen LogP contribution in [0.15, 0.2) is 25.3 Å². The van der Waals surface area contributed by atoms with Crippen LogP contribution in [0.25, 0.3) is 0 Å². The van der Waals surface area contributed by atoms with Crippen molar-refractivity contribution in [2.75, 3.05) is 32.8 Å². The molecule has 2 unspecified atom stereocenters. The standard InChI is InChI=1S/C27H41N3O4S/c1-4-14-28(15-5-2)24(32)21-20-12-13-27(35-20)22(21)25(33)30(17-18-31)23(27)26(34)29(16-6-3)19-10-8-7-9-11-19/h4,6,19-23,31H,1,3,5,7-18H2,2H3/t20-,21+,22+,23?,27?/m1/s1. The molecule has 1 aliphatic carbocycles. The number of aliphatic hydroxyl groups excluding tert-OH is 1. The molecule has 5 atom stereocenters. The Bertz CT molecular complexity index is 844. The van der Waals surface area contributed by atoms with Crippen LogP contribution in [0.1, 0.15) is 58.3 Å². The molecule has 0 aromatic rings. The van der Waals surface area contributed by atoms with Crippen LogP contribution in [0.4, 0.5) is 0 Å². The van der Waals surface area contributed by atoms with Gasteiger partial charge >= 0.3 is 0 Å². The van der Waals surface area contributed by atoms with Crippen LogP contribution in [-0.2, 0) is 14.4 Å². The summed E-state index contributed by atoms with van der Waals surface area (Å²) in [5.74, 6) is -1.09. The predicted molar refractivity (Wildman–Crippen MR) is 139 cm³/mol. The minimum absolute atomic E-state index is 0.0106. The number of carbonyl (C=O) groups is 3. The third kappa shape index (κ3) is 4.45. The maximum absolute atomic E-state index is 14.3. The van der Waals surface area contributed by atoms with Gasteiger partial charge < -0.3 is 19.8 Å². The first-order chi connectivity index (χ1) is 16.9. The summed E-state index contributed by atoms with van der Waals surface area (Å²) in [4.78, 5) is 47.3. The molecule has 3 saturated heterocycles. The Morgan fingerprint density at radius 3 is 2.49 bits per heavy atom. The summed E-state index contributed by atoms with van der Waals surface area (Å²) in [6.45, 7) is 11.2. The van der Waals surface area contributed by atoms with E-state index in [9.17, 15) is 19.5 Å². The number of carbonyl (C=O) groups excluding carboxylic acids is 3. The van der Waals surface area contributed by atoms with Crippen LogP contribution in [0, 0.1) is 11.8 Å². The van der Waals surface area contributed by atoms with Crippen molar-refractivity contribution >= 4 is 29.5 Å². The summed E-state index contributed by atoms with van der Waals surface area (Å²) >= 11 is 1.70. The summed E-state index contributed by atoms with van der Waals surface area (Å²) < 4.78 is -0.603. The molecule has 1 N–H and O–H groups in total. The lowest BCUT2D eigenvalue weighted by molar-refractivity contribution is -0.145. The average Bonchev–Trinajstić information content (AvgIpc) is 3.50. The van der Waals surface area contributed by atoms with Crippen molar-refractivity contribution < 1.29 is 19.5 Å². The lowest BCUT2D eigenvalue weighted by Gasteiger charge is -2.41. The van der Waals surface area contributed by atoms with Crippen LogP contribution in [-0.4, -0.2) is 92.4 Å². The number of nitrogens with zero attached hydrogens (tertiary/aromatic N) is 3. The molecule has 8 heteroatoms. The summed E-state index contributed by atoms with van der Waals surface area (Å²) in [6.07, 6.45) is 11.3. The number of likely N-dealkylation sites (tertiary alicyclic amines) is 1. The van der Waals surface area contributed by atoms with E-state index >= 15 is 0 Å². The normalized spacial score (nSPS) is 31.9. The van der Waals surface area contributed by atoms with Gasteiger partial charge in [0.2, 0.25) is 17.7 Å². The van der Waals surface area contributed by atoms with Gasteiger partial charge in [0.1, 0.15) is 6.04 Å². The van der Waals surface area contributed by atoms with Crippen LogP contribution >= 0.6 is 11.8 Å². The van der Waals surface area contributed by atoms with Crippen LogP contribution in [0.3, 0.4) is 0 Å². The van der Waals surface area contributed by atoms with Crippen molar-refractivity contribution in [3.05, 3.63) is 25.3 Å². The van der Waals surface area contributed by atoms with E-state index in [4.69, 9.17) is 0 Å². The highest BCUT2D eigenvalue weighted by atomic mass is 32.2. The SMILES string of the molecule is C=CCN(CCC)C(=O)[C@@H]1[C@H]2C(=O)N(CCO)C(C(=O)N(CC=C)C3CCCCC3)C23CC[C@H]1S3. The van der Waals surface area contributed by atoms with E-state index in [2.05, 4.69) is 13.2 Å². The molecule has 194 valence electrons. The number of rotatable bonds is 11. The van der Waals surface area contributed by atoms with Gasteiger partial charge in [-0.3, -0.25) is 14.4 Å². The van der Waals surface area contributed by atoms with Crippen molar-refractivity contribution in [3.8, 4) is 0 Å². The largest absolute Gasteiger partial charge is 0.395 e. The molecule has 3 heterocycles. The molecule has 1 spiro atoms. The fraction of sp³-hybridized carbons (Fsp3) is 0.741. The van der Waals surface area contributed by atoms with Crippen molar-refractivity contribution in [2.45, 2.75) is 80.4 Å². The van der Waals surface area contributed by atoms with E-state index in [1.807, 2.05) is 16.7 Å². The molecule has 7 nitrogen and oxygen atoms in total. The Morgan fingerprint density at radius 1 is 1.14 bits per heavy atom. The second-order valence-corrected chi connectivity index (χ2v) is 12.1. The Hall–Kier alpha value is -1.80. The van der Waals surface area contributed by atoms with Gasteiger partial charge in [-0.15, -0.1) is 24.9 Å². The van der Waals surface area contributed by atoms with Crippen molar-refractivity contribution in [1.29, 1.82) is 0 Å². The molecule has 0 aromatic carbocycles. The molecular formula is C27H41N3O4S. The first-order valence-corrected chi connectivity index (χ1v) is 14.2. The lowest BCUT2D eigenvalue weighted by atomic mass is 9.70. The number of thioether (sulfide) groups is 1. The molecule has 3 amide bonds. The molecule has 0 aromatic heterocycles. The van der Waals surface area contributed by atoms with Crippen LogP contribution in [0.5, 0.6) is 0 Å². The second-order valence-electron chi connectivity index (χ2n) is 10.5. The van der Waals surface area contributed by atoms with Gasteiger partial charge in [0.05, 0.1) is 23.2 Å². The number of hydrogen-bond acceptors (Lipinski definition) is 5. The van der Waals surface area contributed by atoms with E-state index in [1.165, 1.54) is 6.42 Å². The fourth-order valence-corrected chi connectivity index (χ4v) is 9.30. The van der Waals surface area contributed by atoms with E-state index in [1.54, 1.807) is 28.8 Å². The Balaban J connectivity index is 1.69. The van der Waals surface area contributed by atoms with E-state index in [-0.39, 0.29) is 42.2 Å². The van der Waals surface area contributed by atoms with Crippen LogP contribution < -0.4 is 0 Å². The summed E-state index contributed by atoms with van der Waals surface area (Å²) in [5, 5.41) is 9.89. The summed E-state index contributed by atoms with van der Waals surface area (Å²) in [6, 6.07) is -0.481. The first kappa shape index (κ1) is 26.3. The molecule has 4 rings (SSSR count). The Morgan fingerprint density at radius 2 is 1.86 bits per heavy atom.